The number of ether oxygens (including phenoxy) is 1. The summed E-state index contributed by atoms with van der Waals surface area (Å²) in [6.07, 6.45) is 0.338. The Kier molecular flexibility index (Phi) is 8.83. The second kappa shape index (κ2) is 10.1. The van der Waals surface area contributed by atoms with E-state index in [0.29, 0.717) is 12.0 Å². The maximum absolute atomic E-state index is 14.6. The van der Waals surface area contributed by atoms with E-state index in [1.807, 2.05) is 0 Å². The van der Waals surface area contributed by atoms with Crippen molar-refractivity contribution in [2.45, 2.75) is 32.9 Å². The third-order valence-electron chi connectivity index (χ3n) is 3.55. The fourth-order valence-electron chi connectivity index (χ4n) is 2.28. The molecule has 0 unspecified atom stereocenters. The van der Waals surface area contributed by atoms with E-state index in [2.05, 4.69) is 0 Å². The van der Waals surface area contributed by atoms with Crippen molar-refractivity contribution >= 4 is 13.6 Å². The smallest absolute Gasteiger partial charge is 0.404 e. The van der Waals surface area contributed by atoms with Crippen LogP contribution in [0.25, 0.3) is 0 Å². The lowest BCUT2D eigenvalue weighted by molar-refractivity contribution is -0.142. The number of aliphatic hydroxyl groups excluding tert-OH is 1. The molecule has 1 atom stereocenters. The number of alkyl halides is 2. The first-order valence-corrected chi connectivity index (χ1v) is 9.85. The van der Waals surface area contributed by atoms with E-state index in [4.69, 9.17) is 13.8 Å². The Bertz CT molecular complexity index is 610. The number of hydrogen-bond donors (Lipinski definition) is 1. The predicted molar refractivity (Wildman–Crippen MR) is 92.1 cm³/mol. The molecule has 0 aliphatic heterocycles. The first-order chi connectivity index (χ1) is 12.2. The molecule has 1 aromatic rings. The van der Waals surface area contributed by atoms with E-state index in [1.165, 1.54) is 32.9 Å². The van der Waals surface area contributed by atoms with Crippen molar-refractivity contribution in [2.75, 3.05) is 26.4 Å². The van der Waals surface area contributed by atoms with Crippen LogP contribution in [0.15, 0.2) is 24.3 Å². The van der Waals surface area contributed by atoms with Gasteiger partial charge in [-0.3, -0.25) is 9.36 Å². The molecule has 148 valence electrons. The number of esters is 1. The molecule has 0 bridgehead atoms. The van der Waals surface area contributed by atoms with Gasteiger partial charge in [0.2, 0.25) is 0 Å². The normalized spacial score (nSPS) is 13.5. The Morgan fingerprint density at radius 2 is 1.73 bits per heavy atom. The summed E-state index contributed by atoms with van der Waals surface area (Å²) in [5.41, 5.74) is -3.60. The van der Waals surface area contributed by atoms with Crippen LogP contribution in [0.2, 0.25) is 0 Å². The Labute approximate surface area is 152 Å². The lowest BCUT2D eigenvalue weighted by Crippen LogP contribution is -2.19. The number of carbonyl (C=O) groups is 1. The van der Waals surface area contributed by atoms with Gasteiger partial charge in [0.1, 0.15) is 0 Å². The third kappa shape index (κ3) is 5.84. The van der Waals surface area contributed by atoms with E-state index >= 15 is 0 Å². The number of hydrogen-bond acceptors (Lipinski definition) is 6. The maximum Gasteiger partial charge on any atom is 0.404 e. The van der Waals surface area contributed by atoms with Gasteiger partial charge < -0.3 is 18.9 Å². The lowest BCUT2D eigenvalue weighted by atomic mass is 10.00. The summed E-state index contributed by atoms with van der Waals surface area (Å²) in [6.45, 7) is 3.67. The fraction of sp³-hybridized carbons (Fsp3) is 0.588. The van der Waals surface area contributed by atoms with Gasteiger partial charge in [-0.1, -0.05) is 24.3 Å². The number of rotatable bonds is 11. The SMILES string of the molecule is CCOP(=O)(OCC)C(F)(F)c1ccc(C[C@H](CO)COC(C)=O)cc1. The van der Waals surface area contributed by atoms with Gasteiger partial charge in [0.15, 0.2) is 0 Å². The van der Waals surface area contributed by atoms with Crippen LogP contribution in [-0.4, -0.2) is 37.5 Å². The van der Waals surface area contributed by atoms with Crippen molar-refractivity contribution in [3.8, 4) is 0 Å². The van der Waals surface area contributed by atoms with Gasteiger partial charge in [0, 0.05) is 25.0 Å². The van der Waals surface area contributed by atoms with Crippen molar-refractivity contribution in [1.29, 1.82) is 0 Å². The van der Waals surface area contributed by atoms with Crippen LogP contribution in [0.5, 0.6) is 0 Å². The molecule has 1 aromatic carbocycles. The number of benzene rings is 1. The molecule has 26 heavy (non-hydrogen) atoms. The quantitative estimate of drug-likeness (QED) is 0.455. The Balaban J connectivity index is 2.93. The molecule has 6 nitrogen and oxygen atoms in total. The largest absolute Gasteiger partial charge is 0.465 e. The molecule has 9 heteroatoms. The number of halogens is 2. The number of carbonyl (C=O) groups excluding carboxylic acids is 1. The molecule has 0 saturated carbocycles. The minimum absolute atomic E-state index is 0.0353. The molecule has 0 amide bonds. The second-order valence-electron chi connectivity index (χ2n) is 5.63. The molecular weight excluding hydrogens is 369 g/mol. The summed E-state index contributed by atoms with van der Waals surface area (Å²) in [7, 11) is -4.65. The fourth-order valence-corrected chi connectivity index (χ4v) is 3.83. The van der Waals surface area contributed by atoms with Crippen molar-refractivity contribution in [1.82, 2.24) is 0 Å². The highest BCUT2D eigenvalue weighted by Gasteiger charge is 2.54. The second-order valence-corrected chi connectivity index (χ2v) is 7.70. The predicted octanol–water partition coefficient (Wildman–Crippen LogP) is 3.72. The minimum atomic E-state index is -4.65. The van der Waals surface area contributed by atoms with Gasteiger partial charge in [-0.2, -0.15) is 8.78 Å². The van der Waals surface area contributed by atoms with Gasteiger partial charge in [-0.25, -0.2) is 0 Å². The summed E-state index contributed by atoms with van der Waals surface area (Å²) in [6, 6.07) is 5.20. The first-order valence-electron chi connectivity index (χ1n) is 8.30. The summed E-state index contributed by atoms with van der Waals surface area (Å²) in [5.74, 6) is -0.802. The maximum atomic E-state index is 14.6. The standard InChI is InChI=1S/C17H25F2O6P/c1-4-24-26(22,25-5-2)17(18,19)16-8-6-14(7-9-16)10-15(11-20)12-23-13(3)21/h6-9,15,20H,4-5,10-12H2,1-3H3/t15-/m1/s1. The molecule has 0 radical (unpaired) electrons. The van der Waals surface area contributed by atoms with E-state index in [0.717, 1.165) is 12.1 Å². The zero-order valence-electron chi connectivity index (χ0n) is 15.1. The molecule has 0 aliphatic carbocycles. The van der Waals surface area contributed by atoms with Crippen LogP contribution in [0, 0.1) is 5.92 Å². The zero-order valence-corrected chi connectivity index (χ0v) is 16.0. The average molecular weight is 394 g/mol. The van der Waals surface area contributed by atoms with Crippen molar-refractivity contribution in [2.24, 2.45) is 5.92 Å². The van der Waals surface area contributed by atoms with Crippen LogP contribution >= 0.6 is 7.60 Å². The molecule has 0 aliphatic rings. The monoisotopic (exact) mass is 394 g/mol. The van der Waals surface area contributed by atoms with Crippen molar-refractivity contribution < 1.29 is 37.0 Å². The van der Waals surface area contributed by atoms with Gasteiger partial charge >= 0.3 is 19.2 Å². The molecule has 0 saturated heterocycles. The Morgan fingerprint density at radius 3 is 2.15 bits per heavy atom. The molecule has 0 heterocycles. The summed E-state index contributed by atoms with van der Waals surface area (Å²) < 4.78 is 56.1. The topological polar surface area (TPSA) is 82.1 Å². The molecule has 0 aromatic heterocycles. The number of aliphatic hydroxyl groups is 1. The van der Waals surface area contributed by atoms with Crippen LogP contribution < -0.4 is 0 Å². The third-order valence-corrected chi connectivity index (χ3v) is 5.69. The van der Waals surface area contributed by atoms with Crippen LogP contribution in [0.3, 0.4) is 0 Å². The first kappa shape index (κ1) is 22.7. The summed E-state index contributed by atoms with van der Waals surface area (Å²) >= 11 is 0. The summed E-state index contributed by atoms with van der Waals surface area (Å²) in [5, 5.41) is 9.33. The van der Waals surface area contributed by atoms with E-state index in [1.54, 1.807) is 0 Å². The van der Waals surface area contributed by atoms with Crippen molar-refractivity contribution in [3.05, 3.63) is 35.4 Å². The van der Waals surface area contributed by atoms with Crippen LogP contribution in [0.1, 0.15) is 31.9 Å². The van der Waals surface area contributed by atoms with E-state index < -0.39 is 24.8 Å². The van der Waals surface area contributed by atoms with E-state index in [-0.39, 0.29) is 32.3 Å². The highest BCUT2D eigenvalue weighted by atomic mass is 31.2. The van der Waals surface area contributed by atoms with Crippen molar-refractivity contribution in [3.63, 3.8) is 0 Å². The molecule has 1 rings (SSSR count). The Morgan fingerprint density at radius 1 is 1.19 bits per heavy atom. The van der Waals surface area contributed by atoms with Gasteiger partial charge in [-0.15, -0.1) is 0 Å². The highest BCUT2D eigenvalue weighted by Crippen LogP contribution is 2.66. The van der Waals surface area contributed by atoms with Gasteiger partial charge in [0.25, 0.3) is 0 Å². The minimum Gasteiger partial charge on any atom is -0.465 e. The van der Waals surface area contributed by atoms with Gasteiger partial charge in [0.05, 0.1) is 19.8 Å². The highest BCUT2D eigenvalue weighted by molar-refractivity contribution is 7.54. The molecular formula is C17H25F2O6P. The lowest BCUT2D eigenvalue weighted by Gasteiger charge is -2.26. The summed E-state index contributed by atoms with van der Waals surface area (Å²) in [4.78, 5) is 10.8. The molecule has 0 fully saturated rings. The van der Waals surface area contributed by atoms with E-state index in [9.17, 15) is 23.2 Å². The van der Waals surface area contributed by atoms with Crippen LogP contribution in [0.4, 0.5) is 8.78 Å². The molecule has 1 N–H and O–H groups in total. The average Bonchev–Trinajstić information content (AvgIpc) is 2.59. The Hall–Kier alpha value is -1.34. The zero-order chi connectivity index (χ0) is 19.8. The van der Waals surface area contributed by atoms with Gasteiger partial charge in [-0.05, 0) is 25.8 Å². The van der Waals surface area contributed by atoms with Crippen LogP contribution in [-0.2, 0) is 35.2 Å². The molecule has 0 spiro atoms.